The number of aromatic nitrogens is 4. The average Bonchev–Trinajstić information content (AvgIpc) is 3.47. The summed E-state index contributed by atoms with van der Waals surface area (Å²) in [5.74, 6) is -0.448. The number of ether oxygens (including phenoxy) is 2. The molecule has 0 bridgehead atoms. The molecule has 3 N–H and O–H groups in total. The minimum atomic E-state index is -2.63. The lowest BCUT2D eigenvalue weighted by Gasteiger charge is -2.15. The third-order valence-corrected chi connectivity index (χ3v) is 7.40. The number of benzene rings is 1. The fourth-order valence-electron chi connectivity index (χ4n) is 4.21. The zero-order chi connectivity index (χ0) is 29.8. The number of nitrogen functional groups attached to an aromatic ring is 1. The van der Waals surface area contributed by atoms with Crippen LogP contribution in [0.25, 0.3) is 11.2 Å². The van der Waals surface area contributed by atoms with Gasteiger partial charge in [-0.3, -0.25) is 9.56 Å². The quantitative estimate of drug-likeness (QED) is 0.133. The highest BCUT2D eigenvalue weighted by Gasteiger charge is 2.47. The number of carbonyl (C=O) groups is 1. The molecule has 0 aliphatic carbocycles. The van der Waals surface area contributed by atoms with Gasteiger partial charge in [0.25, 0.3) is 0 Å². The topological polar surface area (TPSA) is 173 Å². The first-order valence-corrected chi connectivity index (χ1v) is 14.1. The van der Waals surface area contributed by atoms with Crippen LogP contribution in [0.2, 0.25) is 5.28 Å². The summed E-state index contributed by atoms with van der Waals surface area (Å²) in [5.41, 5.74) is 8.65. The molecule has 1 aliphatic heterocycles. The van der Waals surface area contributed by atoms with E-state index in [0.717, 1.165) is 16.7 Å². The molecule has 0 saturated carbocycles. The number of aryl methyl sites for hydroxylation is 1. The molecule has 7 unspecified atom stereocenters. The van der Waals surface area contributed by atoms with Crippen LogP contribution >= 0.6 is 19.9 Å². The number of nitrogens with two attached hydrogens (primary N) is 1. The molecule has 0 spiro atoms. The third-order valence-electron chi connectivity index (χ3n) is 6.53. The number of halogens is 2. The van der Waals surface area contributed by atoms with Gasteiger partial charge in [0.2, 0.25) is 5.28 Å². The highest BCUT2D eigenvalue weighted by molar-refractivity contribution is 7.33. The van der Waals surface area contributed by atoms with Crippen LogP contribution in [0, 0.1) is 6.92 Å². The number of rotatable bonds is 12. The average molecular weight is 612 g/mol. The van der Waals surface area contributed by atoms with Gasteiger partial charge in [-0.25, -0.2) is 14.2 Å². The number of carbonyl (C=O) groups excluding carboxylic acids is 1. The first-order chi connectivity index (χ1) is 19.5. The van der Waals surface area contributed by atoms with Gasteiger partial charge in [-0.2, -0.15) is 9.97 Å². The molecular formula is C25H30ClFN6O7P+. The van der Waals surface area contributed by atoms with Crippen molar-refractivity contribution in [3.63, 3.8) is 0 Å². The Bertz CT molecular complexity index is 1440. The molecule has 1 aromatic carbocycles. The summed E-state index contributed by atoms with van der Waals surface area (Å²) in [7, 11) is -2.63. The van der Waals surface area contributed by atoms with Crippen molar-refractivity contribution >= 4 is 49.5 Å². The van der Waals surface area contributed by atoms with Crippen LogP contribution in [0.1, 0.15) is 36.8 Å². The Kier molecular flexibility index (Phi) is 9.95. The van der Waals surface area contributed by atoms with Crippen LogP contribution in [-0.4, -0.2) is 74.4 Å². The molecule has 1 fully saturated rings. The number of fused-ring (bicyclic) bond motifs is 1. The standard InChI is InChI=1S/C25H30ClFN6O7P/c1-12-5-6-15(7-13(2)39-24(35)14(3)29-4)8-16(12)9-37-41(36)38-10-17-20(34)18(27)23(40-17)33-11-30-19-21(28)31-25(26)32-22(19)33/h5-6,8,11,13-14,17-18,20,23,34H,4,7,9-10H2,1-3H3,(H2,28,31,32)/q+1. The Balaban J connectivity index is 1.31. The van der Waals surface area contributed by atoms with Crippen LogP contribution in [-0.2, 0) is 40.9 Å². The zero-order valence-corrected chi connectivity index (χ0v) is 24.2. The van der Waals surface area contributed by atoms with E-state index in [9.17, 15) is 18.9 Å². The van der Waals surface area contributed by atoms with Crippen molar-refractivity contribution in [2.75, 3.05) is 12.3 Å². The fourth-order valence-corrected chi connectivity index (χ4v) is 4.97. The van der Waals surface area contributed by atoms with Gasteiger partial charge in [0.1, 0.15) is 43.1 Å². The smallest absolute Gasteiger partial charge is 0.461 e. The van der Waals surface area contributed by atoms with Gasteiger partial charge in [-0.15, -0.1) is 9.05 Å². The van der Waals surface area contributed by atoms with E-state index in [1.54, 1.807) is 13.8 Å². The van der Waals surface area contributed by atoms with Gasteiger partial charge in [0, 0.05) is 11.0 Å². The lowest BCUT2D eigenvalue weighted by Crippen LogP contribution is -2.31. The Morgan fingerprint density at radius 2 is 2.12 bits per heavy atom. The van der Waals surface area contributed by atoms with Gasteiger partial charge in [-0.05, 0) is 55.8 Å². The molecule has 4 rings (SSSR count). The second kappa shape index (κ2) is 13.2. The maximum Gasteiger partial charge on any atom is 0.697 e. The van der Waals surface area contributed by atoms with Crippen molar-refractivity contribution in [2.24, 2.45) is 4.99 Å². The summed E-state index contributed by atoms with van der Waals surface area (Å²) in [5, 5.41) is 10.2. The van der Waals surface area contributed by atoms with Gasteiger partial charge < -0.3 is 20.3 Å². The molecule has 16 heteroatoms. The Hall–Kier alpha value is -3.13. The van der Waals surface area contributed by atoms with E-state index in [-0.39, 0.29) is 28.9 Å². The van der Waals surface area contributed by atoms with Gasteiger partial charge in [0.05, 0.1) is 6.33 Å². The lowest BCUT2D eigenvalue weighted by molar-refractivity contribution is -0.149. The first-order valence-electron chi connectivity index (χ1n) is 12.6. The van der Waals surface area contributed by atoms with Crippen LogP contribution in [0.15, 0.2) is 29.5 Å². The van der Waals surface area contributed by atoms with Crippen LogP contribution in [0.4, 0.5) is 10.2 Å². The molecule has 7 atom stereocenters. The molecule has 41 heavy (non-hydrogen) atoms. The van der Waals surface area contributed by atoms with Crippen molar-refractivity contribution < 1.29 is 37.4 Å². The number of anilines is 1. The summed E-state index contributed by atoms with van der Waals surface area (Å²) in [4.78, 5) is 27.5. The zero-order valence-electron chi connectivity index (χ0n) is 22.5. The monoisotopic (exact) mass is 611 g/mol. The normalized spacial score (nSPS) is 22.4. The van der Waals surface area contributed by atoms with E-state index in [1.807, 2.05) is 25.1 Å². The lowest BCUT2D eigenvalue weighted by atomic mass is 10.0. The SMILES string of the molecule is C=NC(C)C(=O)OC(C)Cc1ccc(C)c(CO[P+](=O)OCC2OC(n3cnc4c(N)nc(Cl)nc43)C(F)C2O)c1. The molecule has 13 nitrogen and oxygen atoms in total. The molecule has 220 valence electrons. The third kappa shape index (κ3) is 7.21. The molecule has 1 saturated heterocycles. The summed E-state index contributed by atoms with van der Waals surface area (Å²) in [6.07, 6.45) is -4.62. The maximum absolute atomic E-state index is 15.0. The fraction of sp³-hybridized carbons (Fsp3) is 0.480. The number of aliphatic imine (C=N–C) groups is 1. The van der Waals surface area contributed by atoms with E-state index >= 15 is 0 Å². The largest absolute Gasteiger partial charge is 0.697 e. The number of aliphatic hydroxyl groups is 1. The minimum Gasteiger partial charge on any atom is -0.461 e. The van der Waals surface area contributed by atoms with Crippen LogP contribution in [0.3, 0.4) is 0 Å². The number of esters is 1. The number of imidazole rings is 1. The molecule has 3 heterocycles. The Morgan fingerprint density at radius 1 is 1.37 bits per heavy atom. The van der Waals surface area contributed by atoms with E-state index in [2.05, 4.69) is 26.7 Å². The predicted molar refractivity (Wildman–Crippen MR) is 147 cm³/mol. The Labute approximate surface area is 240 Å². The number of alkyl halides is 1. The van der Waals surface area contributed by atoms with Crippen molar-refractivity contribution in [3.05, 3.63) is 46.5 Å². The summed E-state index contributed by atoms with van der Waals surface area (Å²) >= 11 is 5.87. The molecule has 0 amide bonds. The minimum absolute atomic E-state index is 0.0103. The highest BCUT2D eigenvalue weighted by atomic mass is 35.5. The van der Waals surface area contributed by atoms with Crippen molar-refractivity contribution in [1.29, 1.82) is 0 Å². The summed E-state index contributed by atoms with van der Waals surface area (Å²) in [6.45, 7) is 8.15. The highest BCUT2D eigenvalue weighted by Crippen LogP contribution is 2.36. The van der Waals surface area contributed by atoms with Gasteiger partial charge >= 0.3 is 14.2 Å². The van der Waals surface area contributed by atoms with E-state index in [0.29, 0.717) is 6.42 Å². The number of hydrogen-bond acceptors (Lipinski definition) is 12. The molecule has 3 aromatic rings. The Morgan fingerprint density at radius 3 is 2.85 bits per heavy atom. The van der Waals surface area contributed by atoms with Crippen LogP contribution in [0.5, 0.6) is 0 Å². The van der Waals surface area contributed by atoms with Gasteiger partial charge in [0.15, 0.2) is 23.9 Å². The summed E-state index contributed by atoms with van der Waals surface area (Å²) in [6, 6.07) is 4.99. The van der Waals surface area contributed by atoms with Crippen molar-refractivity contribution in [1.82, 2.24) is 19.5 Å². The first kappa shape index (κ1) is 30.8. The van der Waals surface area contributed by atoms with Crippen LogP contribution < -0.4 is 5.73 Å². The number of nitrogens with zero attached hydrogens (tertiary/aromatic N) is 5. The summed E-state index contributed by atoms with van der Waals surface area (Å²) < 4.78 is 50.3. The molecule has 2 aromatic heterocycles. The maximum atomic E-state index is 15.0. The van der Waals surface area contributed by atoms with E-state index in [1.165, 1.54) is 10.9 Å². The van der Waals surface area contributed by atoms with Crippen molar-refractivity contribution in [2.45, 2.75) is 70.6 Å². The van der Waals surface area contributed by atoms with Gasteiger partial charge in [-0.1, -0.05) is 18.2 Å². The second-order valence-electron chi connectivity index (χ2n) is 9.57. The van der Waals surface area contributed by atoms with Crippen molar-refractivity contribution in [3.8, 4) is 0 Å². The second-order valence-corrected chi connectivity index (χ2v) is 10.9. The molecule has 1 aliphatic rings. The predicted octanol–water partition coefficient (Wildman–Crippen LogP) is 3.42. The number of hydrogen-bond donors (Lipinski definition) is 2. The van der Waals surface area contributed by atoms with E-state index < -0.39 is 57.6 Å². The molecule has 0 radical (unpaired) electrons. The number of aliphatic hydroxyl groups excluding tert-OH is 1. The molecular weight excluding hydrogens is 582 g/mol. The van der Waals surface area contributed by atoms with E-state index in [4.69, 9.17) is 35.9 Å².